The van der Waals surface area contributed by atoms with Crippen LogP contribution in [0.4, 0.5) is 5.69 Å². The molecule has 1 fully saturated rings. The van der Waals surface area contributed by atoms with Crippen molar-refractivity contribution in [3.63, 3.8) is 0 Å². The Bertz CT molecular complexity index is 979. The zero-order chi connectivity index (χ0) is 20.3. The Labute approximate surface area is 171 Å². The van der Waals surface area contributed by atoms with Gasteiger partial charge in [0.25, 0.3) is 5.91 Å². The van der Waals surface area contributed by atoms with E-state index >= 15 is 0 Å². The second-order valence-corrected chi connectivity index (χ2v) is 9.27. The van der Waals surface area contributed by atoms with Crippen molar-refractivity contribution >= 4 is 43.5 Å². The van der Waals surface area contributed by atoms with Gasteiger partial charge in [-0.15, -0.1) is 0 Å². The van der Waals surface area contributed by atoms with Crippen molar-refractivity contribution in [1.29, 1.82) is 0 Å². The number of rotatable bonds is 6. The second kappa shape index (κ2) is 8.46. The summed E-state index contributed by atoms with van der Waals surface area (Å²) in [4.78, 5) is 24.3. The summed E-state index contributed by atoms with van der Waals surface area (Å²) in [5.74, 6) is -1.26. The third kappa shape index (κ3) is 4.62. The standard InChI is InChI=1S/C18H20BrN3O5S/c1-21-11-15(28(25,26)22-8-2-3-9-22)10-16(21)18(24)27-12-17(23)20-14-6-4-13(19)5-7-14/h4-7,10-11H,2-3,8-9,12H2,1H3,(H,20,23). The summed E-state index contributed by atoms with van der Waals surface area (Å²) in [5.41, 5.74) is 0.635. The highest BCUT2D eigenvalue weighted by atomic mass is 79.9. The van der Waals surface area contributed by atoms with Crippen LogP contribution in [-0.2, 0) is 26.6 Å². The van der Waals surface area contributed by atoms with Crippen molar-refractivity contribution in [2.45, 2.75) is 17.7 Å². The number of carbonyl (C=O) groups is 2. The van der Waals surface area contributed by atoms with E-state index in [-0.39, 0.29) is 10.6 Å². The minimum absolute atomic E-state index is 0.0446. The summed E-state index contributed by atoms with van der Waals surface area (Å²) in [6, 6.07) is 8.23. The topological polar surface area (TPSA) is 97.7 Å². The molecule has 2 aromatic rings. The quantitative estimate of drug-likeness (QED) is 0.654. The number of nitrogens with zero attached hydrogens (tertiary/aromatic N) is 2. The number of nitrogens with one attached hydrogen (secondary N) is 1. The van der Waals surface area contributed by atoms with E-state index in [1.54, 1.807) is 31.3 Å². The zero-order valence-corrected chi connectivity index (χ0v) is 17.6. The summed E-state index contributed by atoms with van der Waals surface area (Å²) < 4.78 is 33.9. The normalized spacial score (nSPS) is 14.8. The van der Waals surface area contributed by atoms with E-state index in [1.807, 2.05) is 0 Å². The number of esters is 1. The van der Waals surface area contributed by atoms with E-state index in [9.17, 15) is 18.0 Å². The van der Waals surface area contributed by atoms with E-state index in [0.717, 1.165) is 17.3 Å². The lowest BCUT2D eigenvalue weighted by atomic mass is 10.3. The molecule has 0 atom stereocenters. The van der Waals surface area contributed by atoms with Gasteiger partial charge in [0.05, 0.1) is 0 Å². The van der Waals surface area contributed by atoms with E-state index < -0.39 is 28.5 Å². The molecular formula is C18H20BrN3O5S. The third-order valence-electron chi connectivity index (χ3n) is 4.35. The van der Waals surface area contributed by atoms with Crippen molar-refractivity contribution in [3.05, 3.63) is 46.7 Å². The molecular weight excluding hydrogens is 450 g/mol. The molecule has 1 aliphatic rings. The first kappa shape index (κ1) is 20.6. The fourth-order valence-electron chi connectivity index (χ4n) is 2.89. The van der Waals surface area contributed by atoms with Crippen LogP contribution in [0.3, 0.4) is 0 Å². The molecule has 0 unspecified atom stereocenters. The largest absolute Gasteiger partial charge is 0.451 e. The Morgan fingerprint density at radius 1 is 1.18 bits per heavy atom. The number of anilines is 1. The maximum absolute atomic E-state index is 12.6. The lowest BCUT2D eigenvalue weighted by molar-refractivity contribution is -0.119. The van der Waals surface area contributed by atoms with Crippen LogP contribution >= 0.6 is 15.9 Å². The Hall–Kier alpha value is -2.17. The van der Waals surface area contributed by atoms with Crippen LogP contribution < -0.4 is 5.32 Å². The summed E-state index contributed by atoms with van der Waals surface area (Å²) in [6.45, 7) is 0.481. The van der Waals surface area contributed by atoms with Gasteiger partial charge in [0.15, 0.2) is 6.61 Å². The van der Waals surface area contributed by atoms with Crippen molar-refractivity contribution in [2.24, 2.45) is 7.05 Å². The number of hydrogen-bond donors (Lipinski definition) is 1. The van der Waals surface area contributed by atoms with Crippen molar-refractivity contribution in [3.8, 4) is 0 Å². The van der Waals surface area contributed by atoms with Crippen LogP contribution in [-0.4, -0.2) is 48.9 Å². The Balaban J connectivity index is 1.62. The number of aryl methyl sites for hydroxylation is 1. The second-order valence-electron chi connectivity index (χ2n) is 6.41. The maximum atomic E-state index is 12.6. The minimum atomic E-state index is -3.63. The van der Waals surface area contributed by atoms with Crippen LogP contribution in [0, 0.1) is 0 Å². The molecule has 150 valence electrons. The third-order valence-corrected chi connectivity index (χ3v) is 6.75. The highest BCUT2D eigenvalue weighted by molar-refractivity contribution is 9.10. The fraction of sp³-hybridized carbons (Fsp3) is 0.333. The molecule has 0 saturated carbocycles. The molecule has 1 saturated heterocycles. The van der Waals surface area contributed by atoms with Gasteiger partial charge in [0.1, 0.15) is 10.6 Å². The molecule has 1 aromatic carbocycles. The van der Waals surface area contributed by atoms with Gasteiger partial charge in [-0.2, -0.15) is 4.31 Å². The monoisotopic (exact) mass is 469 g/mol. The van der Waals surface area contributed by atoms with Gasteiger partial charge in [0.2, 0.25) is 10.0 Å². The number of benzene rings is 1. The van der Waals surface area contributed by atoms with Gasteiger partial charge in [-0.3, -0.25) is 4.79 Å². The molecule has 28 heavy (non-hydrogen) atoms. The SMILES string of the molecule is Cn1cc(S(=O)(=O)N2CCCC2)cc1C(=O)OCC(=O)Nc1ccc(Br)cc1. The first-order valence-corrected chi connectivity index (χ1v) is 10.9. The van der Waals surface area contributed by atoms with Gasteiger partial charge in [-0.25, -0.2) is 13.2 Å². The van der Waals surface area contributed by atoms with Crippen LogP contribution in [0.15, 0.2) is 45.9 Å². The van der Waals surface area contributed by atoms with Crippen molar-refractivity contribution in [2.75, 3.05) is 25.0 Å². The van der Waals surface area contributed by atoms with Gasteiger partial charge in [-0.1, -0.05) is 15.9 Å². The number of hydrogen-bond acceptors (Lipinski definition) is 5. The molecule has 0 spiro atoms. The summed E-state index contributed by atoms with van der Waals surface area (Å²) in [6.07, 6.45) is 3.04. The van der Waals surface area contributed by atoms with Gasteiger partial charge in [0, 0.05) is 36.5 Å². The van der Waals surface area contributed by atoms with E-state index in [1.165, 1.54) is 21.1 Å². The van der Waals surface area contributed by atoms with Gasteiger partial charge < -0.3 is 14.6 Å². The Kier molecular flexibility index (Phi) is 6.21. The average Bonchev–Trinajstić information content (AvgIpc) is 3.32. The van der Waals surface area contributed by atoms with Crippen LogP contribution in [0.25, 0.3) is 0 Å². The predicted octanol–water partition coefficient (Wildman–Crippen LogP) is 2.37. The van der Waals surface area contributed by atoms with E-state index in [2.05, 4.69) is 21.2 Å². The first-order valence-electron chi connectivity index (χ1n) is 8.66. The minimum Gasteiger partial charge on any atom is -0.451 e. The molecule has 1 N–H and O–H groups in total. The molecule has 1 aliphatic heterocycles. The number of aromatic nitrogens is 1. The molecule has 1 aromatic heterocycles. The summed E-state index contributed by atoms with van der Waals surface area (Å²) in [7, 11) is -2.07. The molecule has 0 aliphatic carbocycles. The average molecular weight is 470 g/mol. The smallest absolute Gasteiger partial charge is 0.355 e. The zero-order valence-electron chi connectivity index (χ0n) is 15.2. The molecule has 0 radical (unpaired) electrons. The predicted molar refractivity (Wildman–Crippen MR) is 106 cm³/mol. The van der Waals surface area contributed by atoms with Crippen LogP contribution in [0.1, 0.15) is 23.3 Å². The molecule has 8 nitrogen and oxygen atoms in total. The molecule has 3 rings (SSSR count). The summed E-state index contributed by atoms with van der Waals surface area (Å²) in [5, 5.41) is 2.61. The van der Waals surface area contributed by atoms with Gasteiger partial charge >= 0.3 is 5.97 Å². The number of halogens is 1. The van der Waals surface area contributed by atoms with E-state index in [4.69, 9.17) is 4.74 Å². The number of carbonyl (C=O) groups excluding carboxylic acids is 2. The van der Waals surface area contributed by atoms with Crippen LogP contribution in [0.2, 0.25) is 0 Å². The fourth-order valence-corrected chi connectivity index (χ4v) is 4.74. The number of sulfonamides is 1. The van der Waals surface area contributed by atoms with Crippen molar-refractivity contribution in [1.82, 2.24) is 8.87 Å². The van der Waals surface area contributed by atoms with Crippen LogP contribution in [0.5, 0.6) is 0 Å². The maximum Gasteiger partial charge on any atom is 0.355 e. The Morgan fingerprint density at radius 2 is 1.82 bits per heavy atom. The Morgan fingerprint density at radius 3 is 2.46 bits per heavy atom. The first-order chi connectivity index (χ1) is 13.3. The summed E-state index contributed by atoms with van der Waals surface area (Å²) >= 11 is 3.30. The number of ether oxygens (including phenoxy) is 1. The molecule has 10 heteroatoms. The number of amides is 1. The highest BCUT2D eigenvalue weighted by Crippen LogP contribution is 2.23. The van der Waals surface area contributed by atoms with Crippen molar-refractivity contribution < 1.29 is 22.7 Å². The molecule has 1 amide bonds. The van der Waals surface area contributed by atoms with E-state index in [0.29, 0.717) is 18.8 Å². The molecule has 2 heterocycles. The highest BCUT2D eigenvalue weighted by Gasteiger charge is 2.29. The molecule has 0 bridgehead atoms. The lowest BCUT2D eigenvalue weighted by Gasteiger charge is -2.13. The van der Waals surface area contributed by atoms with Gasteiger partial charge in [-0.05, 0) is 43.2 Å². The lowest BCUT2D eigenvalue weighted by Crippen LogP contribution is -2.27.